The Morgan fingerprint density at radius 1 is 1.33 bits per heavy atom. The smallest absolute Gasteiger partial charge is 0.242 e. The highest BCUT2D eigenvalue weighted by atomic mass is 32.2. The van der Waals surface area contributed by atoms with Gasteiger partial charge in [-0.2, -0.15) is 0 Å². The Hall–Kier alpha value is -2.56. The summed E-state index contributed by atoms with van der Waals surface area (Å²) >= 11 is 6.83. The number of benzene rings is 1. The summed E-state index contributed by atoms with van der Waals surface area (Å²) in [7, 11) is 1.57. The second-order valence-electron chi connectivity index (χ2n) is 5.84. The minimum atomic E-state index is -0.253. The van der Waals surface area contributed by atoms with Crippen molar-refractivity contribution in [2.45, 2.75) is 18.2 Å². The molecule has 2 aromatic rings. The molecule has 7 heteroatoms. The molecule has 0 spiro atoms. The predicted molar refractivity (Wildman–Crippen MR) is 110 cm³/mol. The number of pyridine rings is 1. The molecule has 138 valence electrons. The number of thioether (sulfide) groups is 1. The Morgan fingerprint density at radius 2 is 2.19 bits per heavy atom. The van der Waals surface area contributed by atoms with E-state index in [-0.39, 0.29) is 17.8 Å². The Bertz CT molecular complexity index is 881. The summed E-state index contributed by atoms with van der Waals surface area (Å²) < 4.78 is 11.4. The van der Waals surface area contributed by atoms with Crippen LogP contribution in [-0.4, -0.2) is 39.1 Å². The van der Waals surface area contributed by atoms with Gasteiger partial charge in [-0.05, 0) is 35.7 Å². The van der Waals surface area contributed by atoms with Gasteiger partial charge in [0.2, 0.25) is 5.91 Å². The molecule has 1 aromatic heterocycles. The first-order valence-electron chi connectivity index (χ1n) is 8.26. The fraction of sp³-hybridized carbons (Fsp3) is 0.250. The van der Waals surface area contributed by atoms with E-state index in [4.69, 9.17) is 28.1 Å². The lowest BCUT2D eigenvalue weighted by Crippen LogP contribution is -2.31. The molecule has 3 rings (SSSR count). The predicted octanol–water partition coefficient (Wildman–Crippen LogP) is 3.07. The summed E-state index contributed by atoms with van der Waals surface area (Å²) in [5, 5.41) is -0.253. The number of amides is 1. The number of aromatic nitrogens is 1. The fourth-order valence-electron chi connectivity index (χ4n) is 2.74. The molecule has 0 aliphatic carbocycles. The molecular weight excluding hydrogens is 380 g/mol. The minimum absolute atomic E-state index is 0.0143. The first-order valence-corrected chi connectivity index (χ1v) is 9.55. The Morgan fingerprint density at radius 3 is 2.89 bits per heavy atom. The fourth-order valence-corrected chi connectivity index (χ4v) is 4.27. The van der Waals surface area contributed by atoms with Crippen LogP contribution in [0.2, 0.25) is 0 Å². The van der Waals surface area contributed by atoms with Gasteiger partial charge in [0.15, 0.2) is 11.5 Å². The van der Waals surface area contributed by atoms with Crippen molar-refractivity contribution < 1.29 is 14.3 Å². The van der Waals surface area contributed by atoms with E-state index in [9.17, 15) is 4.79 Å². The van der Waals surface area contributed by atoms with Crippen LogP contribution >= 0.6 is 24.0 Å². The first kappa shape index (κ1) is 19.2. The van der Waals surface area contributed by atoms with E-state index >= 15 is 0 Å². The number of carbonyl (C=O) groups excluding carboxylic acids is 1. The zero-order valence-corrected chi connectivity index (χ0v) is 16.4. The van der Waals surface area contributed by atoms with E-state index in [0.29, 0.717) is 28.8 Å². The number of carbonyl (C=O) groups is 1. The highest BCUT2D eigenvalue weighted by Gasteiger charge is 2.36. The molecule has 1 aromatic carbocycles. The van der Waals surface area contributed by atoms with Crippen LogP contribution in [0.25, 0.3) is 0 Å². The van der Waals surface area contributed by atoms with Gasteiger partial charge in [-0.15, -0.1) is 6.42 Å². The SMILES string of the molecule is C#CCOc1ccc(C[C@H]2SC(=S)N(Cc3cccnc3)C2=O)cc1OC. The van der Waals surface area contributed by atoms with Gasteiger partial charge in [0, 0.05) is 12.4 Å². The van der Waals surface area contributed by atoms with Crippen molar-refractivity contribution >= 4 is 34.2 Å². The number of thiocarbonyl (C=S) groups is 1. The monoisotopic (exact) mass is 398 g/mol. The van der Waals surface area contributed by atoms with Gasteiger partial charge in [0.25, 0.3) is 0 Å². The summed E-state index contributed by atoms with van der Waals surface area (Å²) in [5.41, 5.74) is 1.92. The van der Waals surface area contributed by atoms with Crippen LogP contribution in [-0.2, 0) is 17.8 Å². The summed E-state index contributed by atoms with van der Waals surface area (Å²) in [4.78, 5) is 18.5. The summed E-state index contributed by atoms with van der Waals surface area (Å²) in [5.74, 6) is 3.61. The van der Waals surface area contributed by atoms with Gasteiger partial charge in [0.1, 0.15) is 10.9 Å². The van der Waals surface area contributed by atoms with Crippen molar-refractivity contribution in [1.29, 1.82) is 0 Å². The molecule has 0 saturated carbocycles. The third-order valence-electron chi connectivity index (χ3n) is 4.03. The second-order valence-corrected chi connectivity index (χ2v) is 7.68. The molecule has 27 heavy (non-hydrogen) atoms. The van der Waals surface area contributed by atoms with Crippen LogP contribution in [0.15, 0.2) is 42.7 Å². The normalized spacial score (nSPS) is 16.3. The quantitative estimate of drug-likeness (QED) is 0.528. The number of rotatable bonds is 7. The molecule has 0 bridgehead atoms. The molecule has 1 aliphatic heterocycles. The van der Waals surface area contributed by atoms with Crippen LogP contribution < -0.4 is 9.47 Å². The number of terminal acetylenes is 1. The lowest BCUT2D eigenvalue weighted by Gasteiger charge is -2.15. The van der Waals surface area contributed by atoms with Crippen LogP contribution in [0, 0.1) is 12.3 Å². The maximum absolute atomic E-state index is 12.8. The van der Waals surface area contributed by atoms with Gasteiger partial charge < -0.3 is 9.47 Å². The van der Waals surface area contributed by atoms with Gasteiger partial charge in [-0.1, -0.05) is 42.0 Å². The van der Waals surface area contributed by atoms with Gasteiger partial charge in [0.05, 0.1) is 18.9 Å². The molecule has 0 radical (unpaired) electrons. The van der Waals surface area contributed by atoms with Crippen molar-refractivity contribution in [2.24, 2.45) is 0 Å². The lowest BCUT2D eigenvalue weighted by molar-refractivity contribution is -0.126. The highest BCUT2D eigenvalue weighted by Crippen LogP contribution is 2.34. The summed E-state index contributed by atoms with van der Waals surface area (Å²) in [6.45, 7) is 0.613. The van der Waals surface area contributed by atoms with Gasteiger partial charge >= 0.3 is 0 Å². The maximum atomic E-state index is 12.8. The maximum Gasteiger partial charge on any atom is 0.242 e. The highest BCUT2D eigenvalue weighted by molar-refractivity contribution is 8.24. The Balaban J connectivity index is 1.70. The van der Waals surface area contributed by atoms with Gasteiger partial charge in [-0.25, -0.2) is 0 Å². The van der Waals surface area contributed by atoms with E-state index in [2.05, 4.69) is 10.9 Å². The van der Waals surface area contributed by atoms with E-state index in [1.165, 1.54) is 11.8 Å². The third kappa shape index (κ3) is 4.59. The number of ether oxygens (including phenoxy) is 2. The molecule has 1 fully saturated rings. The molecule has 1 aliphatic rings. The van der Waals surface area contributed by atoms with Crippen LogP contribution in [0.4, 0.5) is 0 Å². The van der Waals surface area contributed by atoms with E-state index in [0.717, 1.165) is 11.1 Å². The van der Waals surface area contributed by atoms with E-state index < -0.39 is 0 Å². The van der Waals surface area contributed by atoms with Crippen molar-refractivity contribution in [3.63, 3.8) is 0 Å². The molecule has 1 amide bonds. The molecule has 1 saturated heterocycles. The second kappa shape index (κ2) is 8.89. The standard InChI is InChI=1S/C20H18N2O3S2/c1-3-9-25-16-7-6-14(10-17(16)24-2)11-18-19(23)22(20(26)27-18)13-15-5-4-8-21-12-15/h1,4-8,10,12,18H,9,11,13H2,2H3/t18-/m1/s1. The van der Waals surface area contributed by atoms with Crippen LogP contribution in [0.5, 0.6) is 11.5 Å². The topological polar surface area (TPSA) is 51.7 Å². The van der Waals surface area contributed by atoms with Gasteiger partial charge in [-0.3, -0.25) is 14.7 Å². The molecule has 2 heterocycles. The summed E-state index contributed by atoms with van der Waals surface area (Å²) in [6, 6.07) is 9.36. The average Bonchev–Trinajstić information content (AvgIpc) is 2.95. The number of hydrogen-bond acceptors (Lipinski definition) is 6. The molecule has 1 atom stereocenters. The lowest BCUT2D eigenvalue weighted by atomic mass is 10.1. The van der Waals surface area contributed by atoms with Crippen molar-refractivity contribution in [1.82, 2.24) is 9.88 Å². The molecule has 0 unspecified atom stereocenters. The third-order valence-corrected chi connectivity index (χ3v) is 5.61. The number of methoxy groups -OCH3 is 1. The number of hydrogen-bond donors (Lipinski definition) is 0. The van der Waals surface area contributed by atoms with E-state index in [1.807, 2.05) is 24.3 Å². The van der Waals surface area contributed by atoms with Crippen molar-refractivity contribution in [2.75, 3.05) is 13.7 Å². The summed E-state index contributed by atoms with van der Waals surface area (Å²) in [6.07, 6.45) is 9.23. The Labute approximate surface area is 168 Å². The van der Waals surface area contributed by atoms with Crippen molar-refractivity contribution in [3.05, 3.63) is 53.9 Å². The van der Waals surface area contributed by atoms with Crippen molar-refractivity contribution in [3.8, 4) is 23.8 Å². The molecular formula is C20H18N2O3S2. The average molecular weight is 399 g/mol. The van der Waals surface area contributed by atoms with Crippen LogP contribution in [0.3, 0.4) is 0 Å². The largest absolute Gasteiger partial charge is 0.493 e. The zero-order chi connectivity index (χ0) is 19.2. The Kier molecular flexibility index (Phi) is 6.32. The zero-order valence-electron chi connectivity index (χ0n) is 14.8. The van der Waals surface area contributed by atoms with E-state index in [1.54, 1.807) is 30.5 Å². The molecule has 0 N–H and O–H groups in total. The minimum Gasteiger partial charge on any atom is -0.493 e. The molecule has 5 nitrogen and oxygen atoms in total. The first-order chi connectivity index (χ1) is 13.1. The van der Waals surface area contributed by atoms with Crippen LogP contribution in [0.1, 0.15) is 11.1 Å². The number of nitrogens with zero attached hydrogens (tertiary/aromatic N) is 2.